The van der Waals surface area contributed by atoms with Crippen LogP contribution in [0.4, 0.5) is 0 Å². The Bertz CT molecular complexity index is 287. The molecule has 4 heteroatoms. The fourth-order valence-electron chi connectivity index (χ4n) is 3.30. The number of hydrogen-bond donors (Lipinski definition) is 1. The lowest BCUT2D eigenvalue weighted by Crippen LogP contribution is -2.49. The second kappa shape index (κ2) is 7.25. The van der Waals surface area contributed by atoms with Crippen molar-refractivity contribution in [1.82, 2.24) is 15.1 Å². The topological polar surface area (TPSA) is 35.6 Å². The average Bonchev–Trinajstić information content (AvgIpc) is 2.39. The monoisotopic (exact) mass is 267 g/mol. The summed E-state index contributed by atoms with van der Waals surface area (Å²) in [7, 11) is 2.12. The van der Waals surface area contributed by atoms with Gasteiger partial charge in [-0.2, -0.15) is 0 Å². The quantitative estimate of drug-likeness (QED) is 0.831. The van der Waals surface area contributed by atoms with Gasteiger partial charge in [-0.25, -0.2) is 0 Å². The third-order valence-electron chi connectivity index (χ3n) is 4.61. The number of carbonyl (C=O) groups excluding carboxylic acids is 1. The molecular formula is C15H29N3O. The molecule has 0 bridgehead atoms. The molecular weight excluding hydrogens is 238 g/mol. The van der Waals surface area contributed by atoms with Crippen LogP contribution in [0.15, 0.2) is 0 Å². The van der Waals surface area contributed by atoms with Gasteiger partial charge in [-0.15, -0.1) is 0 Å². The highest BCUT2D eigenvalue weighted by molar-refractivity contribution is 5.78. The van der Waals surface area contributed by atoms with Gasteiger partial charge < -0.3 is 15.1 Å². The van der Waals surface area contributed by atoms with Gasteiger partial charge in [0.25, 0.3) is 0 Å². The van der Waals surface area contributed by atoms with E-state index in [9.17, 15) is 4.79 Å². The van der Waals surface area contributed by atoms with Gasteiger partial charge in [-0.3, -0.25) is 4.79 Å². The fourth-order valence-corrected chi connectivity index (χ4v) is 3.30. The largest absolute Gasteiger partial charge is 0.339 e. The van der Waals surface area contributed by atoms with Crippen molar-refractivity contribution in [2.24, 2.45) is 11.8 Å². The number of nitrogens with one attached hydrogen (secondary N) is 1. The molecule has 1 heterocycles. The minimum absolute atomic E-state index is 0.275. The maximum Gasteiger partial charge on any atom is 0.236 e. The van der Waals surface area contributed by atoms with Crippen LogP contribution in [0.2, 0.25) is 0 Å². The maximum absolute atomic E-state index is 12.1. The molecule has 2 fully saturated rings. The van der Waals surface area contributed by atoms with E-state index in [0.29, 0.717) is 6.54 Å². The Hall–Kier alpha value is -0.610. The van der Waals surface area contributed by atoms with E-state index in [-0.39, 0.29) is 5.91 Å². The molecule has 0 radical (unpaired) electrons. The van der Waals surface area contributed by atoms with Crippen LogP contribution >= 0.6 is 0 Å². The van der Waals surface area contributed by atoms with E-state index in [1.807, 2.05) is 4.90 Å². The molecule has 1 N–H and O–H groups in total. The molecule has 0 aromatic rings. The van der Waals surface area contributed by atoms with Crippen molar-refractivity contribution in [3.05, 3.63) is 0 Å². The third kappa shape index (κ3) is 4.77. The SMILES string of the molecule is CC1CCCC(CNCC(=O)N2CCN(C)CC2)C1. The van der Waals surface area contributed by atoms with E-state index in [1.165, 1.54) is 25.7 Å². The smallest absolute Gasteiger partial charge is 0.236 e. The number of rotatable bonds is 4. The lowest BCUT2D eigenvalue weighted by molar-refractivity contribution is -0.131. The molecule has 1 saturated heterocycles. The minimum atomic E-state index is 0.275. The van der Waals surface area contributed by atoms with E-state index in [4.69, 9.17) is 0 Å². The second-order valence-electron chi connectivity index (χ2n) is 6.45. The first kappa shape index (κ1) is 14.8. The number of amides is 1. The lowest BCUT2D eigenvalue weighted by atomic mass is 9.82. The Labute approximate surface area is 117 Å². The summed E-state index contributed by atoms with van der Waals surface area (Å²) in [5.74, 6) is 1.93. The van der Waals surface area contributed by atoms with Gasteiger partial charge in [0.1, 0.15) is 0 Å². The summed E-state index contributed by atoms with van der Waals surface area (Å²) >= 11 is 0. The molecule has 110 valence electrons. The molecule has 0 spiro atoms. The van der Waals surface area contributed by atoms with Crippen LogP contribution in [0.25, 0.3) is 0 Å². The molecule has 1 aliphatic carbocycles. The minimum Gasteiger partial charge on any atom is -0.339 e. The van der Waals surface area contributed by atoms with Crippen LogP contribution in [0, 0.1) is 11.8 Å². The van der Waals surface area contributed by atoms with Crippen molar-refractivity contribution >= 4 is 5.91 Å². The van der Waals surface area contributed by atoms with Crippen molar-refractivity contribution in [3.8, 4) is 0 Å². The first-order chi connectivity index (χ1) is 9.15. The highest BCUT2D eigenvalue weighted by Gasteiger charge is 2.21. The van der Waals surface area contributed by atoms with E-state index < -0.39 is 0 Å². The molecule has 0 aromatic heterocycles. The Balaban J connectivity index is 1.61. The first-order valence-corrected chi connectivity index (χ1v) is 7.82. The Morgan fingerprint density at radius 3 is 2.63 bits per heavy atom. The summed E-state index contributed by atoms with van der Waals surface area (Å²) in [6.07, 6.45) is 5.41. The number of likely N-dealkylation sites (N-methyl/N-ethyl adjacent to an activating group) is 1. The Morgan fingerprint density at radius 1 is 1.21 bits per heavy atom. The van der Waals surface area contributed by atoms with Crippen molar-refractivity contribution in [3.63, 3.8) is 0 Å². The van der Waals surface area contributed by atoms with Gasteiger partial charge in [0, 0.05) is 26.2 Å². The Kier molecular flexibility index (Phi) is 5.64. The van der Waals surface area contributed by atoms with Gasteiger partial charge in [-0.1, -0.05) is 19.8 Å². The summed E-state index contributed by atoms with van der Waals surface area (Å²) in [5.41, 5.74) is 0. The normalized spacial score (nSPS) is 29.5. The molecule has 2 aliphatic rings. The zero-order valence-corrected chi connectivity index (χ0v) is 12.5. The molecule has 2 rings (SSSR count). The first-order valence-electron chi connectivity index (χ1n) is 7.82. The molecule has 0 aromatic carbocycles. The fraction of sp³-hybridized carbons (Fsp3) is 0.933. The van der Waals surface area contributed by atoms with E-state index >= 15 is 0 Å². The van der Waals surface area contributed by atoms with Crippen molar-refractivity contribution in [2.75, 3.05) is 46.3 Å². The van der Waals surface area contributed by atoms with Crippen molar-refractivity contribution in [1.29, 1.82) is 0 Å². The van der Waals surface area contributed by atoms with Crippen LogP contribution in [-0.4, -0.2) is 62.0 Å². The van der Waals surface area contributed by atoms with E-state index in [0.717, 1.165) is 44.6 Å². The van der Waals surface area contributed by atoms with Gasteiger partial charge in [0.15, 0.2) is 0 Å². The Morgan fingerprint density at radius 2 is 1.95 bits per heavy atom. The second-order valence-corrected chi connectivity index (χ2v) is 6.45. The molecule has 2 unspecified atom stereocenters. The van der Waals surface area contributed by atoms with Gasteiger partial charge >= 0.3 is 0 Å². The van der Waals surface area contributed by atoms with Crippen molar-refractivity contribution < 1.29 is 4.79 Å². The number of nitrogens with zero attached hydrogens (tertiary/aromatic N) is 2. The number of piperazine rings is 1. The van der Waals surface area contributed by atoms with Crippen LogP contribution < -0.4 is 5.32 Å². The van der Waals surface area contributed by atoms with Crippen LogP contribution in [0.1, 0.15) is 32.6 Å². The van der Waals surface area contributed by atoms with Gasteiger partial charge in [0.2, 0.25) is 5.91 Å². The molecule has 1 amide bonds. The average molecular weight is 267 g/mol. The summed E-state index contributed by atoms with van der Waals surface area (Å²) in [5, 5.41) is 3.38. The van der Waals surface area contributed by atoms with Crippen LogP contribution in [0.5, 0.6) is 0 Å². The molecule has 1 aliphatic heterocycles. The summed E-state index contributed by atoms with van der Waals surface area (Å²) < 4.78 is 0. The standard InChI is InChI=1S/C15H29N3O/c1-13-4-3-5-14(10-13)11-16-12-15(19)18-8-6-17(2)7-9-18/h13-14,16H,3-12H2,1-2H3. The predicted octanol–water partition coefficient (Wildman–Crippen LogP) is 1.18. The highest BCUT2D eigenvalue weighted by atomic mass is 16.2. The maximum atomic E-state index is 12.1. The summed E-state index contributed by atoms with van der Waals surface area (Å²) in [6.45, 7) is 7.67. The number of carbonyl (C=O) groups is 1. The molecule has 2 atom stereocenters. The molecule has 19 heavy (non-hydrogen) atoms. The molecule has 1 saturated carbocycles. The summed E-state index contributed by atoms with van der Waals surface area (Å²) in [4.78, 5) is 16.3. The van der Waals surface area contributed by atoms with Crippen LogP contribution in [-0.2, 0) is 4.79 Å². The van der Waals surface area contributed by atoms with E-state index in [1.54, 1.807) is 0 Å². The lowest BCUT2D eigenvalue weighted by Gasteiger charge is -2.33. The number of hydrogen-bond acceptors (Lipinski definition) is 3. The highest BCUT2D eigenvalue weighted by Crippen LogP contribution is 2.27. The predicted molar refractivity (Wildman–Crippen MR) is 78.1 cm³/mol. The summed E-state index contributed by atoms with van der Waals surface area (Å²) in [6, 6.07) is 0. The van der Waals surface area contributed by atoms with Crippen LogP contribution in [0.3, 0.4) is 0 Å². The molecule has 4 nitrogen and oxygen atoms in total. The zero-order valence-electron chi connectivity index (χ0n) is 12.5. The van der Waals surface area contributed by atoms with Gasteiger partial charge in [-0.05, 0) is 38.3 Å². The van der Waals surface area contributed by atoms with Crippen molar-refractivity contribution in [2.45, 2.75) is 32.6 Å². The zero-order chi connectivity index (χ0) is 13.7. The van der Waals surface area contributed by atoms with E-state index in [2.05, 4.69) is 24.2 Å². The van der Waals surface area contributed by atoms with Gasteiger partial charge in [0.05, 0.1) is 6.54 Å². The third-order valence-corrected chi connectivity index (χ3v) is 4.61.